The average molecular weight is 575 g/mol. The van der Waals surface area contributed by atoms with Gasteiger partial charge in [0.05, 0.1) is 0 Å². The summed E-state index contributed by atoms with van der Waals surface area (Å²) >= 11 is 0. The van der Waals surface area contributed by atoms with Crippen LogP contribution >= 0.6 is 0 Å². The van der Waals surface area contributed by atoms with E-state index in [4.69, 9.17) is 10.5 Å². The standard InChI is InChI=1S/C32H39FN6O3/c1-32(2,3)42-31(41)39-14-12-38(13-15-39)27-9-7-20(17-23(27)19-37(4)5)25-18-26(29(34)36-28(25)33)21-6-8-24-22(16-21)10-11-35-30(24)40/h6-9,16-18H,10-15,19H2,1-5H3,(H2,34,36)(H,35,40). The van der Waals surface area contributed by atoms with Crippen molar-refractivity contribution in [1.82, 2.24) is 20.1 Å². The van der Waals surface area contributed by atoms with Gasteiger partial charge in [-0.05, 0) is 87.8 Å². The number of piperazine rings is 1. The summed E-state index contributed by atoms with van der Waals surface area (Å²) in [5.74, 6) is -0.624. The fraction of sp³-hybridized carbons (Fsp3) is 0.406. The van der Waals surface area contributed by atoms with Crippen molar-refractivity contribution in [2.45, 2.75) is 39.3 Å². The molecule has 1 saturated heterocycles. The van der Waals surface area contributed by atoms with Gasteiger partial charge in [-0.15, -0.1) is 0 Å². The maximum absolute atomic E-state index is 15.3. The normalized spacial score (nSPS) is 15.5. The topological polar surface area (TPSA) is 104 Å². The molecule has 3 aromatic rings. The number of fused-ring (bicyclic) bond motifs is 1. The molecule has 2 amide bonds. The highest BCUT2D eigenvalue weighted by molar-refractivity contribution is 5.97. The van der Waals surface area contributed by atoms with E-state index in [-0.39, 0.29) is 17.8 Å². The number of anilines is 2. The number of nitrogens with one attached hydrogen (secondary N) is 1. The summed E-state index contributed by atoms with van der Waals surface area (Å²) in [5.41, 5.74) is 11.8. The van der Waals surface area contributed by atoms with Gasteiger partial charge in [-0.25, -0.2) is 9.78 Å². The van der Waals surface area contributed by atoms with Crippen LogP contribution in [-0.2, 0) is 17.7 Å². The number of pyridine rings is 1. The zero-order valence-electron chi connectivity index (χ0n) is 25.0. The summed E-state index contributed by atoms with van der Waals surface area (Å²) in [5, 5.41) is 2.85. The van der Waals surface area contributed by atoms with Crippen LogP contribution in [-0.4, -0.2) is 79.2 Å². The Bertz CT molecular complexity index is 1510. The summed E-state index contributed by atoms with van der Waals surface area (Å²) in [4.78, 5) is 34.9. The number of halogens is 1. The first kappa shape index (κ1) is 29.3. The highest BCUT2D eigenvalue weighted by atomic mass is 19.1. The summed E-state index contributed by atoms with van der Waals surface area (Å²) in [6.45, 7) is 9.27. The van der Waals surface area contributed by atoms with Gasteiger partial charge in [-0.1, -0.05) is 18.2 Å². The predicted octanol–water partition coefficient (Wildman–Crippen LogP) is 4.54. The number of nitrogens with two attached hydrogens (primary N) is 1. The Morgan fingerprint density at radius 3 is 2.40 bits per heavy atom. The Labute approximate surface area is 246 Å². The first-order valence-corrected chi connectivity index (χ1v) is 14.3. The number of rotatable bonds is 5. The van der Waals surface area contributed by atoms with E-state index >= 15 is 4.39 Å². The van der Waals surface area contributed by atoms with E-state index in [0.29, 0.717) is 61.5 Å². The molecule has 10 heteroatoms. The summed E-state index contributed by atoms with van der Waals surface area (Å²) < 4.78 is 20.9. The van der Waals surface area contributed by atoms with Crippen molar-refractivity contribution in [2.75, 3.05) is 57.5 Å². The molecule has 1 aromatic heterocycles. The smallest absolute Gasteiger partial charge is 0.410 e. The molecule has 0 aliphatic carbocycles. The molecule has 5 rings (SSSR count). The van der Waals surface area contributed by atoms with Crippen LogP contribution in [0.5, 0.6) is 0 Å². The molecule has 1 fully saturated rings. The Morgan fingerprint density at radius 2 is 1.71 bits per heavy atom. The largest absolute Gasteiger partial charge is 0.444 e. The maximum Gasteiger partial charge on any atom is 0.410 e. The van der Waals surface area contributed by atoms with Crippen molar-refractivity contribution >= 4 is 23.5 Å². The third-order valence-electron chi connectivity index (χ3n) is 7.50. The van der Waals surface area contributed by atoms with E-state index in [9.17, 15) is 9.59 Å². The van der Waals surface area contributed by atoms with Gasteiger partial charge >= 0.3 is 6.09 Å². The number of benzene rings is 2. The first-order chi connectivity index (χ1) is 19.9. The van der Waals surface area contributed by atoms with Crippen molar-refractivity contribution in [2.24, 2.45) is 0 Å². The SMILES string of the molecule is CN(C)Cc1cc(-c2cc(-c3ccc4c(c3)CCNC4=O)c(N)nc2F)ccc1N1CCN(C(=O)OC(C)(C)C)CC1. The minimum atomic E-state index is -0.636. The molecule has 0 atom stereocenters. The third-order valence-corrected chi connectivity index (χ3v) is 7.50. The van der Waals surface area contributed by atoms with Gasteiger partial charge in [0, 0.05) is 61.6 Å². The number of carbonyl (C=O) groups excluding carboxylic acids is 2. The number of amides is 2. The quantitative estimate of drug-likeness (QED) is 0.431. The van der Waals surface area contributed by atoms with E-state index in [1.54, 1.807) is 17.0 Å². The molecule has 222 valence electrons. The molecule has 2 aliphatic heterocycles. The number of aromatic nitrogens is 1. The monoisotopic (exact) mass is 574 g/mol. The molecular formula is C32H39FN6O3. The van der Waals surface area contributed by atoms with Crippen LogP contribution in [0.3, 0.4) is 0 Å². The van der Waals surface area contributed by atoms with Crippen LogP contribution in [0.1, 0.15) is 42.3 Å². The van der Waals surface area contributed by atoms with E-state index in [1.807, 2.05) is 65.2 Å². The minimum absolute atomic E-state index is 0.0894. The number of hydrogen-bond acceptors (Lipinski definition) is 7. The van der Waals surface area contributed by atoms with Gasteiger partial charge in [0.15, 0.2) is 0 Å². The van der Waals surface area contributed by atoms with Crippen molar-refractivity contribution in [3.63, 3.8) is 0 Å². The summed E-state index contributed by atoms with van der Waals surface area (Å²) in [6.07, 6.45) is 0.424. The van der Waals surface area contributed by atoms with Gasteiger partial charge in [0.1, 0.15) is 11.4 Å². The Hall–Kier alpha value is -4.18. The summed E-state index contributed by atoms with van der Waals surface area (Å²) in [7, 11) is 3.99. The zero-order chi connectivity index (χ0) is 30.2. The molecule has 9 nitrogen and oxygen atoms in total. The molecular weight excluding hydrogens is 535 g/mol. The van der Waals surface area contributed by atoms with Crippen LogP contribution in [0, 0.1) is 5.95 Å². The lowest BCUT2D eigenvalue weighted by Gasteiger charge is -2.37. The Balaban J connectivity index is 1.44. The lowest BCUT2D eigenvalue weighted by atomic mass is 9.93. The fourth-order valence-electron chi connectivity index (χ4n) is 5.52. The number of hydrogen-bond donors (Lipinski definition) is 2. The first-order valence-electron chi connectivity index (χ1n) is 14.3. The maximum atomic E-state index is 15.3. The van der Waals surface area contributed by atoms with Crippen molar-refractivity contribution in [3.05, 3.63) is 65.1 Å². The highest BCUT2D eigenvalue weighted by Crippen LogP contribution is 2.35. The number of carbonyl (C=O) groups is 2. The molecule has 0 bridgehead atoms. The van der Waals surface area contributed by atoms with Crippen LogP contribution in [0.4, 0.5) is 20.7 Å². The lowest BCUT2D eigenvalue weighted by Crippen LogP contribution is -2.50. The van der Waals surface area contributed by atoms with Crippen molar-refractivity contribution < 1.29 is 18.7 Å². The third kappa shape index (κ3) is 6.33. The second-order valence-electron chi connectivity index (χ2n) is 12.2. The zero-order valence-corrected chi connectivity index (χ0v) is 25.0. The molecule has 3 heterocycles. The van der Waals surface area contributed by atoms with Gasteiger partial charge in [0.25, 0.3) is 5.91 Å². The van der Waals surface area contributed by atoms with Gasteiger partial charge in [0.2, 0.25) is 5.95 Å². The molecule has 42 heavy (non-hydrogen) atoms. The highest BCUT2D eigenvalue weighted by Gasteiger charge is 2.27. The van der Waals surface area contributed by atoms with E-state index in [1.165, 1.54) is 0 Å². The molecule has 0 spiro atoms. The number of nitrogens with zero attached hydrogens (tertiary/aromatic N) is 4. The number of ether oxygens (including phenoxy) is 1. The Morgan fingerprint density at radius 1 is 1.02 bits per heavy atom. The van der Waals surface area contributed by atoms with Gasteiger partial charge in [-0.2, -0.15) is 4.39 Å². The van der Waals surface area contributed by atoms with Crippen molar-refractivity contribution in [3.8, 4) is 22.3 Å². The average Bonchev–Trinajstić information content (AvgIpc) is 2.92. The number of nitrogen functional groups attached to an aromatic ring is 1. The van der Waals surface area contributed by atoms with E-state index in [0.717, 1.165) is 28.8 Å². The molecule has 0 radical (unpaired) electrons. The second-order valence-corrected chi connectivity index (χ2v) is 12.2. The molecule has 3 N–H and O–H groups in total. The van der Waals surface area contributed by atoms with Crippen LogP contribution in [0.2, 0.25) is 0 Å². The molecule has 0 unspecified atom stereocenters. The molecule has 2 aliphatic rings. The summed E-state index contributed by atoms with van der Waals surface area (Å²) in [6, 6.07) is 13.2. The lowest BCUT2D eigenvalue weighted by molar-refractivity contribution is 0.0240. The van der Waals surface area contributed by atoms with Crippen molar-refractivity contribution in [1.29, 1.82) is 0 Å². The Kier molecular flexibility index (Phi) is 8.10. The second kappa shape index (κ2) is 11.6. The van der Waals surface area contributed by atoms with Crippen LogP contribution in [0.15, 0.2) is 42.5 Å². The van der Waals surface area contributed by atoms with E-state index < -0.39 is 11.5 Å². The van der Waals surface area contributed by atoms with E-state index in [2.05, 4.69) is 20.1 Å². The van der Waals surface area contributed by atoms with Crippen LogP contribution < -0.4 is 16.0 Å². The fourth-order valence-corrected chi connectivity index (χ4v) is 5.52. The molecule has 2 aromatic carbocycles. The predicted molar refractivity (Wildman–Crippen MR) is 163 cm³/mol. The van der Waals surface area contributed by atoms with Gasteiger partial charge in [-0.3, -0.25) is 4.79 Å². The van der Waals surface area contributed by atoms with Gasteiger partial charge < -0.3 is 30.5 Å². The minimum Gasteiger partial charge on any atom is -0.444 e. The van der Waals surface area contributed by atoms with Crippen LogP contribution in [0.25, 0.3) is 22.3 Å². The molecule has 0 saturated carbocycles.